The highest BCUT2D eigenvalue weighted by Crippen LogP contribution is 2.29. The van der Waals surface area contributed by atoms with Gasteiger partial charge in [0.1, 0.15) is 6.04 Å². The lowest BCUT2D eigenvalue weighted by molar-refractivity contribution is -0.144. The van der Waals surface area contributed by atoms with E-state index in [4.69, 9.17) is 0 Å². The van der Waals surface area contributed by atoms with Crippen LogP contribution in [-0.2, 0) is 17.6 Å². The van der Waals surface area contributed by atoms with Crippen molar-refractivity contribution in [2.75, 3.05) is 33.2 Å². The van der Waals surface area contributed by atoms with Crippen LogP contribution in [0.15, 0.2) is 18.2 Å². The third-order valence-corrected chi connectivity index (χ3v) is 4.46. The third-order valence-electron chi connectivity index (χ3n) is 4.46. The van der Waals surface area contributed by atoms with Crippen LogP contribution in [0.2, 0.25) is 0 Å². The summed E-state index contributed by atoms with van der Waals surface area (Å²) in [5.41, 5.74) is 3.36. The first kappa shape index (κ1) is 16.0. The number of hydrogen-bond acceptors (Lipinski definition) is 3. The minimum Gasteiger partial charge on any atom is -0.480 e. The number of carboxylic acids is 1. The summed E-state index contributed by atoms with van der Waals surface area (Å²) in [6, 6.07) is 5.68. The Morgan fingerprint density at radius 2 is 1.67 bits per heavy atom. The van der Waals surface area contributed by atoms with E-state index in [2.05, 4.69) is 42.8 Å². The van der Waals surface area contributed by atoms with Crippen molar-refractivity contribution in [3.05, 3.63) is 34.9 Å². The van der Waals surface area contributed by atoms with E-state index in [-0.39, 0.29) is 0 Å². The number of carbonyl (C=O) groups is 1. The monoisotopic (exact) mass is 290 g/mol. The number of likely N-dealkylation sites (N-methyl/N-ethyl adjacent to an activating group) is 1. The first-order chi connectivity index (χ1) is 10.1. The maximum absolute atomic E-state index is 12.0. The zero-order chi connectivity index (χ0) is 15.4. The Labute approximate surface area is 127 Å². The Balaban J connectivity index is 2.41. The Bertz CT molecular complexity index is 471. The highest BCUT2D eigenvalue weighted by molar-refractivity contribution is 5.77. The molecule has 1 saturated heterocycles. The number of aliphatic carboxylic acids is 1. The number of nitrogens with zero attached hydrogens (tertiary/aromatic N) is 2. The van der Waals surface area contributed by atoms with Gasteiger partial charge in [-0.3, -0.25) is 9.69 Å². The molecule has 1 unspecified atom stereocenters. The van der Waals surface area contributed by atoms with Crippen LogP contribution in [-0.4, -0.2) is 54.1 Å². The molecule has 0 saturated carbocycles. The summed E-state index contributed by atoms with van der Waals surface area (Å²) in [5.74, 6) is -0.727. The van der Waals surface area contributed by atoms with Gasteiger partial charge in [-0.25, -0.2) is 0 Å². The topological polar surface area (TPSA) is 43.8 Å². The van der Waals surface area contributed by atoms with Gasteiger partial charge in [-0.2, -0.15) is 0 Å². The minimum absolute atomic E-state index is 0.509. The van der Waals surface area contributed by atoms with Gasteiger partial charge in [0.25, 0.3) is 0 Å². The highest BCUT2D eigenvalue weighted by Gasteiger charge is 2.32. The van der Waals surface area contributed by atoms with E-state index in [9.17, 15) is 9.90 Å². The van der Waals surface area contributed by atoms with Gasteiger partial charge in [0.15, 0.2) is 0 Å². The van der Waals surface area contributed by atoms with Crippen molar-refractivity contribution in [1.29, 1.82) is 0 Å². The maximum Gasteiger partial charge on any atom is 0.325 e. The molecule has 0 aromatic heterocycles. The Morgan fingerprint density at radius 1 is 1.14 bits per heavy atom. The fourth-order valence-electron chi connectivity index (χ4n) is 3.18. The molecule has 0 radical (unpaired) electrons. The second-order valence-corrected chi connectivity index (χ2v) is 5.78. The molecule has 116 valence electrons. The second kappa shape index (κ2) is 7.05. The van der Waals surface area contributed by atoms with Gasteiger partial charge < -0.3 is 10.0 Å². The number of aryl methyl sites for hydroxylation is 2. The lowest BCUT2D eigenvalue weighted by atomic mass is 9.90. The molecule has 2 rings (SSSR count). The summed E-state index contributed by atoms with van der Waals surface area (Å²) in [6.07, 6.45) is 1.75. The molecule has 1 aliphatic rings. The second-order valence-electron chi connectivity index (χ2n) is 5.78. The minimum atomic E-state index is -0.727. The molecule has 1 aromatic rings. The van der Waals surface area contributed by atoms with Crippen LogP contribution in [0.25, 0.3) is 0 Å². The van der Waals surface area contributed by atoms with E-state index >= 15 is 0 Å². The molecular weight excluding hydrogens is 264 g/mol. The molecular formula is C17H26N2O2. The molecule has 0 amide bonds. The summed E-state index contributed by atoms with van der Waals surface area (Å²) in [5, 5.41) is 9.83. The average Bonchev–Trinajstić information content (AvgIpc) is 2.49. The molecule has 1 aliphatic heterocycles. The van der Waals surface area contributed by atoms with Crippen LogP contribution in [0.5, 0.6) is 0 Å². The number of rotatable bonds is 5. The largest absolute Gasteiger partial charge is 0.480 e. The van der Waals surface area contributed by atoms with E-state index in [0.717, 1.165) is 44.6 Å². The molecule has 4 nitrogen and oxygen atoms in total. The van der Waals surface area contributed by atoms with Crippen molar-refractivity contribution in [1.82, 2.24) is 9.80 Å². The fourth-order valence-corrected chi connectivity index (χ4v) is 3.18. The molecule has 0 bridgehead atoms. The molecule has 4 heteroatoms. The quantitative estimate of drug-likeness (QED) is 0.903. The Kier molecular flexibility index (Phi) is 5.37. The maximum atomic E-state index is 12.0. The van der Waals surface area contributed by atoms with E-state index in [1.54, 1.807) is 0 Å². The predicted molar refractivity (Wildman–Crippen MR) is 84.6 cm³/mol. The van der Waals surface area contributed by atoms with Crippen LogP contribution in [0.3, 0.4) is 0 Å². The van der Waals surface area contributed by atoms with Crippen LogP contribution in [0.4, 0.5) is 0 Å². The van der Waals surface area contributed by atoms with E-state index in [1.165, 1.54) is 11.1 Å². The summed E-state index contributed by atoms with van der Waals surface area (Å²) in [6.45, 7) is 7.69. The third kappa shape index (κ3) is 3.44. The highest BCUT2D eigenvalue weighted by atomic mass is 16.4. The SMILES string of the molecule is CCc1cccc(CC)c1C(C(=O)O)N1CCN(C)CC1. The standard InChI is InChI=1S/C17H26N2O2/c1-4-13-7-6-8-14(5-2)15(13)16(17(20)21)19-11-9-18(3)10-12-19/h6-8,16H,4-5,9-12H2,1-3H3,(H,20,21). The number of piperazine rings is 1. The number of carboxylic acid groups (broad SMARTS) is 1. The molecule has 0 spiro atoms. The Hall–Kier alpha value is -1.39. The van der Waals surface area contributed by atoms with E-state index in [0.29, 0.717) is 0 Å². The smallest absolute Gasteiger partial charge is 0.325 e. The van der Waals surface area contributed by atoms with Crippen molar-refractivity contribution >= 4 is 5.97 Å². The van der Waals surface area contributed by atoms with Crippen molar-refractivity contribution in [2.45, 2.75) is 32.7 Å². The molecule has 21 heavy (non-hydrogen) atoms. The summed E-state index contributed by atoms with van der Waals surface area (Å²) in [4.78, 5) is 16.3. The molecule has 1 heterocycles. The molecule has 1 fully saturated rings. The van der Waals surface area contributed by atoms with Gasteiger partial charge in [-0.1, -0.05) is 32.0 Å². The zero-order valence-electron chi connectivity index (χ0n) is 13.3. The summed E-state index contributed by atoms with van der Waals surface area (Å²) >= 11 is 0. The van der Waals surface area contributed by atoms with Crippen LogP contribution in [0, 0.1) is 0 Å². The lowest BCUT2D eigenvalue weighted by Gasteiger charge is -2.37. The molecule has 1 atom stereocenters. The van der Waals surface area contributed by atoms with Crippen LogP contribution < -0.4 is 0 Å². The van der Waals surface area contributed by atoms with Crippen molar-refractivity contribution in [2.24, 2.45) is 0 Å². The Morgan fingerprint density at radius 3 is 2.10 bits per heavy atom. The molecule has 0 aliphatic carbocycles. The van der Waals surface area contributed by atoms with Crippen LogP contribution in [0.1, 0.15) is 36.6 Å². The number of benzene rings is 1. The van der Waals surface area contributed by atoms with Crippen LogP contribution >= 0.6 is 0 Å². The molecule has 1 aromatic carbocycles. The van der Waals surface area contributed by atoms with Gasteiger partial charge in [0.2, 0.25) is 0 Å². The van der Waals surface area contributed by atoms with Gasteiger partial charge in [0.05, 0.1) is 0 Å². The zero-order valence-corrected chi connectivity index (χ0v) is 13.3. The molecule has 1 N–H and O–H groups in total. The fraction of sp³-hybridized carbons (Fsp3) is 0.588. The normalized spacial score (nSPS) is 18.6. The van der Waals surface area contributed by atoms with E-state index < -0.39 is 12.0 Å². The number of hydrogen-bond donors (Lipinski definition) is 1. The first-order valence-electron chi connectivity index (χ1n) is 7.84. The van der Waals surface area contributed by atoms with Gasteiger partial charge in [0, 0.05) is 26.2 Å². The predicted octanol–water partition coefficient (Wildman–Crippen LogP) is 2.18. The average molecular weight is 290 g/mol. The van der Waals surface area contributed by atoms with Crippen molar-refractivity contribution in [3.8, 4) is 0 Å². The summed E-state index contributed by atoms with van der Waals surface area (Å²) in [7, 11) is 2.09. The van der Waals surface area contributed by atoms with E-state index in [1.807, 2.05) is 6.07 Å². The first-order valence-corrected chi connectivity index (χ1v) is 7.84. The van der Waals surface area contributed by atoms with Gasteiger partial charge >= 0.3 is 5.97 Å². The van der Waals surface area contributed by atoms with Gasteiger partial charge in [-0.05, 0) is 36.6 Å². The van der Waals surface area contributed by atoms with Crippen molar-refractivity contribution < 1.29 is 9.90 Å². The van der Waals surface area contributed by atoms with Gasteiger partial charge in [-0.15, -0.1) is 0 Å². The van der Waals surface area contributed by atoms with Crippen molar-refractivity contribution in [3.63, 3.8) is 0 Å². The lowest BCUT2D eigenvalue weighted by Crippen LogP contribution is -2.48. The summed E-state index contributed by atoms with van der Waals surface area (Å²) < 4.78 is 0.